The Morgan fingerprint density at radius 3 is 2.12 bits per heavy atom. The fourth-order valence-corrected chi connectivity index (χ4v) is 1.23. The number of hydrogen-bond acceptors (Lipinski definition) is 0. The second-order valence-corrected chi connectivity index (χ2v) is 3.43. The second-order valence-electron chi connectivity index (χ2n) is 2.86. The van der Waals surface area contributed by atoms with Crippen molar-refractivity contribution in [3.63, 3.8) is 0 Å². The maximum Gasteiger partial charge on any atom is 1.00 e. The van der Waals surface area contributed by atoms with Crippen molar-refractivity contribution in [2.75, 3.05) is 0 Å². The van der Waals surface area contributed by atoms with Gasteiger partial charge in [0.1, 0.15) is 0 Å². The van der Waals surface area contributed by atoms with E-state index in [0.29, 0.717) is 5.57 Å². The monoisotopic (exact) mass is 293 g/mol. The van der Waals surface area contributed by atoms with Crippen LogP contribution in [0.1, 0.15) is 18.1 Å². The molecule has 0 saturated heterocycles. The van der Waals surface area contributed by atoms with Gasteiger partial charge in [0.2, 0.25) is 0 Å². The van der Waals surface area contributed by atoms with E-state index in [0.717, 1.165) is 24.0 Å². The summed E-state index contributed by atoms with van der Waals surface area (Å²) in [5.41, 5.74) is 2.41. The average Bonchev–Trinajstić information content (AvgIpc) is 2.27. The zero-order chi connectivity index (χ0) is 12.6. The molecule has 1 aromatic carbocycles. The molecule has 0 aliphatic heterocycles. The van der Waals surface area contributed by atoms with E-state index in [4.69, 9.17) is 12.0 Å². The normalized spacial score (nSPS) is 8.76. The van der Waals surface area contributed by atoms with Crippen LogP contribution in [0.25, 0.3) is 11.0 Å². The van der Waals surface area contributed by atoms with Gasteiger partial charge in [-0.05, 0) is 12.0 Å². The summed E-state index contributed by atoms with van der Waals surface area (Å²) in [7, 11) is 0. The quantitative estimate of drug-likeness (QED) is 0.349. The molecule has 0 atom stereocenters. The summed E-state index contributed by atoms with van der Waals surface area (Å²) in [6.07, 6.45) is -0.677. The van der Waals surface area contributed by atoms with E-state index in [2.05, 4.69) is 15.9 Å². The molecule has 0 aliphatic rings. The van der Waals surface area contributed by atoms with Crippen LogP contribution in [-0.4, -0.2) is 6.21 Å². The fourth-order valence-electron chi connectivity index (χ4n) is 0.861. The molecule has 5 heteroatoms. The first-order valence-corrected chi connectivity index (χ1v) is 5.53. The van der Waals surface area contributed by atoms with Crippen LogP contribution < -0.4 is 18.9 Å². The van der Waals surface area contributed by atoms with Crippen LogP contribution >= 0.6 is 15.9 Å². The molecule has 1 rings (SSSR count). The van der Waals surface area contributed by atoms with Crippen molar-refractivity contribution >= 4 is 27.7 Å². The van der Waals surface area contributed by atoms with Gasteiger partial charge in [0.15, 0.2) is 0 Å². The Balaban J connectivity index is 0. The van der Waals surface area contributed by atoms with Gasteiger partial charge in [-0.25, -0.2) is 12.2 Å². The summed E-state index contributed by atoms with van der Waals surface area (Å²) in [6.45, 7) is 6.24. The summed E-state index contributed by atoms with van der Waals surface area (Å²) < 4.78 is 20.5. The molecule has 1 nitrogen and oxygen atoms in total. The number of halogens is 3. The van der Waals surface area contributed by atoms with E-state index in [1.54, 1.807) is 0 Å². The molecule has 0 saturated carbocycles. The molecule has 17 heavy (non-hydrogen) atoms. The van der Waals surface area contributed by atoms with Gasteiger partial charge in [0, 0.05) is 5.33 Å². The number of allylic oxidation sites excluding steroid dienone is 1. The molecule has 0 bridgehead atoms. The van der Waals surface area contributed by atoms with Crippen molar-refractivity contribution in [1.29, 1.82) is 0 Å². The average molecular weight is 294 g/mol. The van der Waals surface area contributed by atoms with Gasteiger partial charge in [-0.1, -0.05) is 28.1 Å². The topological polar surface area (TPSA) is 22.3 Å². The predicted molar refractivity (Wildman–Crippen MR) is 67.3 cm³/mol. The zero-order valence-corrected chi connectivity index (χ0v) is 11.3. The van der Waals surface area contributed by atoms with Crippen molar-refractivity contribution in [3.05, 3.63) is 53.8 Å². The Morgan fingerprint density at radius 2 is 1.82 bits per heavy atom. The van der Waals surface area contributed by atoms with Crippen LogP contribution in [0.15, 0.2) is 24.3 Å². The van der Waals surface area contributed by atoms with Gasteiger partial charge in [-0.3, -0.25) is 0 Å². The Labute approximate surface area is 121 Å². The Kier molecular flexibility index (Phi) is 11.9. The molecule has 0 aliphatic carbocycles. The molecule has 0 unspecified atom stereocenters. The smallest absolute Gasteiger partial charge is 0.879 e. The van der Waals surface area contributed by atoms with E-state index in [9.17, 15) is 8.78 Å². The fraction of sp³-hybridized carbons (Fsp3) is 0.167. The molecular formula is C12H11BrF2LiN-2. The molecule has 1 aromatic rings. The molecule has 0 radical (unpaired) electrons. The third kappa shape index (κ3) is 9.29. The largest absolute Gasteiger partial charge is 1.00 e. The number of nitrogens with zero attached hydrogens (tertiary/aromatic N) is 1. The van der Waals surface area contributed by atoms with Gasteiger partial charge in [-0.15, -0.1) is 24.6 Å². The summed E-state index contributed by atoms with van der Waals surface area (Å²) in [6, 6.07) is 7.66. The van der Waals surface area contributed by atoms with Crippen LogP contribution in [0.5, 0.6) is 0 Å². The zero-order valence-electron chi connectivity index (χ0n) is 9.75. The first kappa shape index (κ1) is 18.9. The van der Waals surface area contributed by atoms with Crippen molar-refractivity contribution in [1.82, 2.24) is 0 Å². The first-order chi connectivity index (χ1) is 7.51. The molecule has 0 amide bonds. The summed E-state index contributed by atoms with van der Waals surface area (Å²) in [5.74, 6) is 0. The molecule has 0 fully saturated rings. The molecule has 0 N–H and O–H groups in total. The van der Waals surface area contributed by atoms with Crippen molar-refractivity contribution in [2.45, 2.75) is 12.3 Å². The minimum Gasteiger partial charge on any atom is -0.879 e. The number of rotatable bonds is 3. The maximum atomic E-state index is 10.2. The van der Waals surface area contributed by atoms with Gasteiger partial charge in [0.25, 0.3) is 0 Å². The molecule has 0 aromatic heterocycles. The first-order valence-electron chi connectivity index (χ1n) is 4.41. The van der Waals surface area contributed by atoms with E-state index < -0.39 is 6.43 Å². The standard InChI is InChI=1S/C10H8BrN.C2H3F2.Li/c1-8(7-12)10-4-2-9(6-11)3-5-10;1-2(3)4;/h1-5,7H,6H2;1H3;/q-2;-1;+1. The van der Waals surface area contributed by atoms with E-state index in [1.165, 1.54) is 5.56 Å². The Hall–Kier alpha value is -0.433. The van der Waals surface area contributed by atoms with Gasteiger partial charge < -0.3 is 20.4 Å². The van der Waals surface area contributed by atoms with Gasteiger partial charge in [0.05, 0.1) is 0 Å². The van der Waals surface area contributed by atoms with Crippen LogP contribution in [0, 0.1) is 13.0 Å². The van der Waals surface area contributed by atoms with Crippen LogP contribution in [0.2, 0.25) is 0 Å². The van der Waals surface area contributed by atoms with Crippen LogP contribution in [-0.2, 0) is 5.33 Å². The maximum absolute atomic E-state index is 10.2. The summed E-state index contributed by atoms with van der Waals surface area (Å²) >= 11 is 3.34. The summed E-state index contributed by atoms with van der Waals surface area (Å²) in [5, 5.41) is 9.45. The number of alkyl halides is 1. The minimum atomic E-state index is -1.58. The second kappa shape index (κ2) is 10.7. The number of hydrogen-bond donors (Lipinski definition) is 0. The SMILES string of the molecule is C[C-](F)F.[CH-]=C(C=[N-])c1ccc(CBr)cc1.[Li+]. The molecule has 0 spiro atoms. The third-order valence-electron chi connectivity index (χ3n) is 1.58. The molecule has 0 heterocycles. The van der Waals surface area contributed by atoms with Crippen LogP contribution in [0.4, 0.5) is 8.78 Å². The molecule has 88 valence electrons. The Morgan fingerprint density at radius 1 is 1.41 bits per heavy atom. The van der Waals surface area contributed by atoms with Crippen LogP contribution in [0.3, 0.4) is 0 Å². The van der Waals surface area contributed by atoms with Gasteiger partial charge in [-0.2, -0.15) is 0 Å². The van der Waals surface area contributed by atoms with Crippen molar-refractivity contribution < 1.29 is 27.6 Å². The van der Waals surface area contributed by atoms with E-state index in [1.807, 2.05) is 24.3 Å². The van der Waals surface area contributed by atoms with Gasteiger partial charge >= 0.3 is 18.9 Å². The summed E-state index contributed by atoms with van der Waals surface area (Å²) in [4.78, 5) is 0. The van der Waals surface area contributed by atoms with Crippen molar-refractivity contribution in [2.24, 2.45) is 0 Å². The number of benzene rings is 1. The third-order valence-corrected chi connectivity index (χ3v) is 2.23. The predicted octanol–water partition coefficient (Wildman–Crippen LogP) is 1.48. The Bertz CT molecular complexity index is 336. The minimum absolute atomic E-state index is 0. The van der Waals surface area contributed by atoms with E-state index in [-0.39, 0.29) is 18.9 Å². The van der Waals surface area contributed by atoms with E-state index >= 15 is 0 Å². The van der Waals surface area contributed by atoms with Crippen molar-refractivity contribution in [3.8, 4) is 0 Å². The molecular weight excluding hydrogens is 283 g/mol.